The SMILES string of the molecule is Clc1cccc(C2CC(NC3COc4ccccc43)C2)c1. The molecule has 0 spiro atoms. The Labute approximate surface area is 130 Å². The molecule has 0 bridgehead atoms. The molecular weight excluding hydrogens is 282 g/mol. The molecular formula is C18H18ClNO. The summed E-state index contributed by atoms with van der Waals surface area (Å²) in [7, 11) is 0. The Kier molecular flexibility index (Phi) is 3.36. The third kappa shape index (κ3) is 2.54. The molecule has 0 amide bonds. The van der Waals surface area contributed by atoms with Gasteiger partial charge in [-0.1, -0.05) is 41.9 Å². The molecule has 1 atom stereocenters. The van der Waals surface area contributed by atoms with Gasteiger partial charge in [0.2, 0.25) is 0 Å². The van der Waals surface area contributed by atoms with Crippen LogP contribution in [-0.4, -0.2) is 12.6 Å². The Morgan fingerprint density at radius 3 is 2.76 bits per heavy atom. The predicted octanol–water partition coefficient (Wildman–Crippen LogP) is 4.31. The van der Waals surface area contributed by atoms with Gasteiger partial charge < -0.3 is 10.1 Å². The van der Waals surface area contributed by atoms with E-state index in [1.165, 1.54) is 24.0 Å². The van der Waals surface area contributed by atoms with Crippen LogP contribution in [0.3, 0.4) is 0 Å². The molecule has 1 aliphatic carbocycles. The van der Waals surface area contributed by atoms with Crippen LogP contribution in [0.4, 0.5) is 0 Å². The van der Waals surface area contributed by atoms with Crippen LogP contribution >= 0.6 is 11.6 Å². The maximum Gasteiger partial charge on any atom is 0.124 e. The van der Waals surface area contributed by atoms with Gasteiger partial charge in [0.15, 0.2) is 0 Å². The Bertz CT molecular complexity index is 651. The number of rotatable bonds is 3. The molecule has 2 aromatic rings. The van der Waals surface area contributed by atoms with Gasteiger partial charge in [0.1, 0.15) is 12.4 Å². The zero-order valence-electron chi connectivity index (χ0n) is 11.8. The normalized spacial score (nSPS) is 26.8. The van der Waals surface area contributed by atoms with Crippen molar-refractivity contribution in [2.75, 3.05) is 6.61 Å². The van der Waals surface area contributed by atoms with Crippen molar-refractivity contribution in [3.63, 3.8) is 0 Å². The average molecular weight is 300 g/mol. The molecule has 1 aliphatic heterocycles. The fraction of sp³-hybridized carbons (Fsp3) is 0.333. The fourth-order valence-corrected chi connectivity index (χ4v) is 3.57. The Morgan fingerprint density at radius 2 is 1.90 bits per heavy atom. The smallest absolute Gasteiger partial charge is 0.124 e. The molecule has 2 nitrogen and oxygen atoms in total. The Morgan fingerprint density at radius 1 is 1.05 bits per heavy atom. The Hall–Kier alpha value is -1.51. The summed E-state index contributed by atoms with van der Waals surface area (Å²) in [6, 6.07) is 17.5. The first-order valence-electron chi connectivity index (χ1n) is 7.53. The topological polar surface area (TPSA) is 21.3 Å². The predicted molar refractivity (Wildman–Crippen MR) is 85.0 cm³/mol. The third-order valence-corrected chi connectivity index (χ3v) is 4.83. The summed E-state index contributed by atoms with van der Waals surface area (Å²) >= 11 is 6.07. The van der Waals surface area contributed by atoms with Gasteiger partial charge in [-0.15, -0.1) is 0 Å². The van der Waals surface area contributed by atoms with Gasteiger partial charge in [0.25, 0.3) is 0 Å². The molecule has 1 heterocycles. The minimum absolute atomic E-state index is 0.339. The van der Waals surface area contributed by atoms with E-state index in [0.29, 0.717) is 18.0 Å². The molecule has 0 saturated heterocycles. The summed E-state index contributed by atoms with van der Waals surface area (Å²) in [6.45, 7) is 0.748. The van der Waals surface area contributed by atoms with Gasteiger partial charge in [-0.05, 0) is 42.5 Å². The number of hydrogen-bond donors (Lipinski definition) is 1. The minimum atomic E-state index is 0.339. The van der Waals surface area contributed by atoms with Gasteiger partial charge in [0, 0.05) is 16.6 Å². The lowest BCUT2D eigenvalue weighted by atomic mass is 9.75. The zero-order valence-corrected chi connectivity index (χ0v) is 12.5. The third-order valence-electron chi connectivity index (χ3n) is 4.59. The number of para-hydroxylation sites is 1. The van der Waals surface area contributed by atoms with Crippen LogP contribution in [0.2, 0.25) is 5.02 Å². The van der Waals surface area contributed by atoms with E-state index in [4.69, 9.17) is 16.3 Å². The standard InChI is InChI=1S/C18H18ClNO/c19-14-5-3-4-12(8-14)13-9-15(10-13)20-17-11-21-18-7-2-1-6-16(17)18/h1-8,13,15,17,20H,9-11H2. The van der Waals surface area contributed by atoms with Crippen molar-refractivity contribution in [2.24, 2.45) is 0 Å². The second kappa shape index (κ2) is 5.36. The van der Waals surface area contributed by atoms with E-state index >= 15 is 0 Å². The molecule has 3 heteroatoms. The summed E-state index contributed by atoms with van der Waals surface area (Å²) < 4.78 is 5.73. The second-order valence-corrected chi connectivity index (χ2v) is 6.42. The zero-order chi connectivity index (χ0) is 14.2. The van der Waals surface area contributed by atoms with Crippen molar-refractivity contribution in [1.29, 1.82) is 0 Å². The van der Waals surface area contributed by atoms with E-state index < -0.39 is 0 Å². The molecule has 4 rings (SSSR count). The lowest BCUT2D eigenvalue weighted by molar-refractivity contribution is 0.236. The molecule has 2 aliphatic rings. The molecule has 1 saturated carbocycles. The highest BCUT2D eigenvalue weighted by Crippen LogP contribution is 2.40. The highest BCUT2D eigenvalue weighted by atomic mass is 35.5. The van der Waals surface area contributed by atoms with Crippen LogP contribution in [-0.2, 0) is 0 Å². The summed E-state index contributed by atoms with van der Waals surface area (Å²) in [5, 5.41) is 4.56. The fourth-order valence-electron chi connectivity index (χ4n) is 3.37. The highest BCUT2D eigenvalue weighted by Gasteiger charge is 2.34. The average Bonchev–Trinajstić information content (AvgIpc) is 2.85. The molecule has 0 aromatic heterocycles. The maximum absolute atomic E-state index is 6.07. The van der Waals surface area contributed by atoms with Crippen LogP contribution in [0.25, 0.3) is 0 Å². The first kappa shape index (κ1) is 13.2. The van der Waals surface area contributed by atoms with E-state index in [1.54, 1.807) is 0 Å². The van der Waals surface area contributed by atoms with Gasteiger partial charge in [0.05, 0.1) is 6.04 Å². The van der Waals surface area contributed by atoms with Crippen LogP contribution < -0.4 is 10.1 Å². The molecule has 0 radical (unpaired) electrons. The van der Waals surface area contributed by atoms with Gasteiger partial charge in [-0.25, -0.2) is 0 Å². The number of nitrogens with one attached hydrogen (secondary N) is 1. The minimum Gasteiger partial charge on any atom is -0.491 e. The number of ether oxygens (including phenoxy) is 1. The van der Waals surface area contributed by atoms with Crippen molar-refractivity contribution < 1.29 is 4.74 Å². The van der Waals surface area contributed by atoms with Crippen LogP contribution in [0.1, 0.15) is 35.9 Å². The van der Waals surface area contributed by atoms with Gasteiger partial charge in [-0.3, -0.25) is 0 Å². The monoisotopic (exact) mass is 299 g/mol. The van der Waals surface area contributed by atoms with Gasteiger partial charge in [-0.2, -0.15) is 0 Å². The van der Waals surface area contributed by atoms with Crippen LogP contribution in [0.15, 0.2) is 48.5 Å². The van der Waals surface area contributed by atoms with E-state index in [0.717, 1.165) is 17.4 Å². The number of halogens is 1. The van der Waals surface area contributed by atoms with Crippen LogP contribution in [0.5, 0.6) is 5.75 Å². The largest absolute Gasteiger partial charge is 0.491 e. The Balaban J connectivity index is 1.37. The van der Waals surface area contributed by atoms with Crippen molar-refractivity contribution in [3.8, 4) is 5.75 Å². The molecule has 2 aromatic carbocycles. The maximum atomic E-state index is 6.07. The molecule has 1 unspecified atom stereocenters. The van der Waals surface area contributed by atoms with E-state index in [2.05, 4.69) is 29.6 Å². The molecule has 1 N–H and O–H groups in total. The van der Waals surface area contributed by atoms with Crippen molar-refractivity contribution >= 4 is 11.6 Å². The van der Waals surface area contributed by atoms with Crippen LogP contribution in [0, 0.1) is 0 Å². The van der Waals surface area contributed by atoms with E-state index in [-0.39, 0.29) is 0 Å². The first-order chi connectivity index (χ1) is 10.3. The molecule has 21 heavy (non-hydrogen) atoms. The van der Waals surface area contributed by atoms with Crippen molar-refractivity contribution in [2.45, 2.75) is 30.8 Å². The first-order valence-corrected chi connectivity index (χ1v) is 7.90. The summed E-state index contributed by atoms with van der Waals surface area (Å²) in [5.74, 6) is 1.67. The lowest BCUT2D eigenvalue weighted by Gasteiger charge is -2.38. The number of fused-ring (bicyclic) bond motifs is 1. The van der Waals surface area contributed by atoms with Gasteiger partial charge >= 0.3 is 0 Å². The number of benzene rings is 2. The highest BCUT2D eigenvalue weighted by molar-refractivity contribution is 6.30. The summed E-state index contributed by atoms with van der Waals surface area (Å²) in [4.78, 5) is 0. The summed E-state index contributed by atoms with van der Waals surface area (Å²) in [6.07, 6.45) is 2.36. The number of hydrogen-bond acceptors (Lipinski definition) is 2. The lowest BCUT2D eigenvalue weighted by Crippen LogP contribution is -2.42. The van der Waals surface area contributed by atoms with E-state index in [1.807, 2.05) is 24.3 Å². The van der Waals surface area contributed by atoms with Crippen molar-refractivity contribution in [1.82, 2.24) is 5.32 Å². The quantitative estimate of drug-likeness (QED) is 0.912. The van der Waals surface area contributed by atoms with E-state index in [9.17, 15) is 0 Å². The molecule has 1 fully saturated rings. The summed E-state index contributed by atoms with van der Waals surface area (Å²) in [5.41, 5.74) is 2.66. The van der Waals surface area contributed by atoms with Crippen molar-refractivity contribution in [3.05, 3.63) is 64.7 Å². The molecule has 108 valence electrons. The second-order valence-electron chi connectivity index (χ2n) is 5.99.